The summed E-state index contributed by atoms with van der Waals surface area (Å²) in [6, 6.07) is 4.87. The predicted molar refractivity (Wildman–Crippen MR) is 61.6 cm³/mol. The first kappa shape index (κ1) is 11.4. The number of hydrogen-bond acceptors (Lipinski definition) is 4. The summed E-state index contributed by atoms with van der Waals surface area (Å²) in [6.07, 6.45) is 4.11. The zero-order valence-corrected chi connectivity index (χ0v) is 9.33. The van der Waals surface area contributed by atoms with Crippen molar-refractivity contribution in [3.8, 4) is 6.07 Å². The van der Waals surface area contributed by atoms with E-state index in [1.54, 1.807) is 18.3 Å². The molecule has 2 rings (SSSR count). The number of carboxylic acid groups (broad SMARTS) is 1. The molecule has 5 nitrogen and oxygen atoms in total. The number of piperidine rings is 1. The monoisotopic (exact) mass is 231 g/mol. The maximum absolute atomic E-state index is 11.2. The Morgan fingerprint density at radius 3 is 3.12 bits per heavy atom. The van der Waals surface area contributed by atoms with Crippen LogP contribution in [0.5, 0.6) is 0 Å². The smallest absolute Gasteiger partial charge is 0.326 e. The average molecular weight is 231 g/mol. The third-order valence-electron chi connectivity index (χ3n) is 2.98. The van der Waals surface area contributed by atoms with Gasteiger partial charge in [0.05, 0.1) is 0 Å². The van der Waals surface area contributed by atoms with Crippen molar-refractivity contribution in [1.29, 1.82) is 5.26 Å². The van der Waals surface area contributed by atoms with Crippen LogP contribution in [0, 0.1) is 11.3 Å². The Kier molecular flexibility index (Phi) is 3.24. The normalized spacial score (nSPS) is 19.7. The van der Waals surface area contributed by atoms with Gasteiger partial charge in [-0.05, 0) is 31.4 Å². The minimum atomic E-state index is -0.806. The summed E-state index contributed by atoms with van der Waals surface area (Å²) in [5, 5.41) is 18.0. The lowest BCUT2D eigenvalue weighted by Gasteiger charge is -2.34. The number of aromatic nitrogens is 1. The van der Waals surface area contributed by atoms with Crippen LogP contribution >= 0.6 is 0 Å². The molecule has 1 atom stereocenters. The molecule has 1 aliphatic rings. The highest BCUT2D eigenvalue weighted by atomic mass is 16.4. The van der Waals surface area contributed by atoms with E-state index in [0.29, 0.717) is 18.7 Å². The number of carbonyl (C=O) groups is 1. The fourth-order valence-corrected chi connectivity index (χ4v) is 2.16. The van der Waals surface area contributed by atoms with Crippen molar-refractivity contribution in [3.05, 3.63) is 24.0 Å². The van der Waals surface area contributed by atoms with Gasteiger partial charge in [0.1, 0.15) is 17.8 Å². The summed E-state index contributed by atoms with van der Waals surface area (Å²) < 4.78 is 0. The summed E-state index contributed by atoms with van der Waals surface area (Å²) in [7, 11) is 0. The molecule has 1 saturated heterocycles. The molecule has 88 valence electrons. The van der Waals surface area contributed by atoms with E-state index in [9.17, 15) is 9.90 Å². The van der Waals surface area contributed by atoms with Gasteiger partial charge in [0.2, 0.25) is 0 Å². The Morgan fingerprint density at radius 1 is 1.59 bits per heavy atom. The van der Waals surface area contributed by atoms with Crippen LogP contribution in [0.15, 0.2) is 18.3 Å². The molecule has 0 saturated carbocycles. The molecule has 2 heterocycles. The van der Waals surface area contributed by atoms with E-state index < -0.39 is 12.0 Å². The number of carboxylic acids is 1. The van der Waals surface area contributed by atoms with Gasteiger partial charge >= 0.3 is 5.97 Å². The van der Waals surface area contributed by atoms with Gasteiger partial charge in [0, 0.05) is 18.4 Å². The fourth-order valence-electron chi connectivity index (χ4n) is 2.16. The van der Waals surface area contributed by atoms with Gasteiger partial charge in [-0.1, -0.05) is 0 Å². The van der Waals surface area contributed by atoms with E-state index in [2.05, 4.69) is 4.98 Å². The maximum Gasteiger partial charge on any atom is 0.326 e. The molecular weight excluding hydrogens is 218 g/mol. The molecule has 0 radical (unpaired) electrons. The zero-order chi connectivity index (χ0) is 12.3. The second kappa shape index (κ2) is 4.83. The van der Waals surface area contributed by atoms with Gasteiger partial charge in [0.15, 0.2) is 0 Å². The lowest BCUT2D eigenvalue weighted by molar-refractivity contribution is -0.139. The topological polar surface area (TPSA) is 77.2 Å². The molecule has 0 spiro atoms. The fraction of sp³-hybridized carbons (Fsp3) is 0.417. The largest absolute Gasteiger partial charge is 0.480 e. The van der Waals surface area contributed by atoms with Gasteiger partial charge in [-0.3, -0.25) is 0 Å². The molecule has 17 heavy (non-hydrogen) atoms. The first-order valence-corrected chi connectivity index (χ1v) is 5.58. The molecule has 1 N–H and O–H groups in total. The summed E-state index contributed by atoms with van der Waals surface area (Å²) in [6.45, 7) is 0.714. The summed E-state index contributed by atoms with van der Waals surface area (Å²) in [4.78, 5) is 16.9. The lowest BCUT2D eigenvalue weighted by atomic mass is 10.0. The Bertz CT molecular complexity index is 467. The highest BCUT2D eigenvalue weighted by Crippen LogP contribution is 2.24. The highest BCUT2D eigenvalue weighted by Gasteiger charge is 2.28. The number of aliphatic carboxylic acids is 1. The molecule has 1 fully saturated rings. The van der Waals surface area contributed by atoms with Gasteiger partial charge in [-0.2, -0.15) is 5.26 Å². The molecule has 0 amide bonds. The third-order valence-corrected chi connectivity index (χ3v) is 2.98. The molecule has 0 bridgehead atoms. The first-order valence-electron chi connectivity index (χ1n) is 5.58. The lowest BCUT2D eigenvalue weighted by Crippen LogP contribution is -2.44. The standard InChI is InChI=1S/C12H13N3O2/c13-8-9-7-10(4-5-14-9)15-6-2-1-3-11(15)12(16)17/h4-5,7,11H,1-3,6H2,(H,16,17). The van der Waals surface area contributed by atoms with Gasteiger partial charge in [0.25, 0.3) is 0 Å². The van der Waals surface area contributed by atoms with Crippen molar-refractivity contribution < 1.29 is 9.90 Å². The highest BCUT2D eigenvalue weighted by molar-refractivity contribution is 5.78. The zero-order valence-electron chi connectivity index (χ0n) is 9.33. The van der Waals surface area contributed by atoms with E-state index in [1.165, 1.54) is 0 Å². The molecule has 1 aromatic rings. The van der Waals surface area contributed by atoms with Crippen molar-refractivity contribution in [2.75, 3.05) is 11.4 Å². The third kappa shape index (κ3) is 2.36. The average Bonchev–Trinajstić information content (AvgIpc) is 2.39. The summed E-state index contributed by atoms with van der Waals surface area (Å²) >= 11 is 0. The molecule has 5 heteroatoms. The molecule has 1 aliphatic heterocycles. The first-order chi connectivity index (χ1) is 8.22. The Balaban J connectivity index is 2.29. The molecule has 1 unspecified atom stereocenters. The second-order valence-electron chi connectivity index (χ2n) is 4.05. The number of nitriles is 1. The number of hydrogen-bond donors (Lipinski definition) is 1. The molecular formula is C12H13N3O2. The van der Waals surface area contributed by atoms with E-state index in [1.807, 2.05) is 11.0 Å². The van der Waals surface area contributed by atoms with E-state index >= 15 is 0 Å². The van der Waals surface area contributed by atoms with Crippen LogP contribution in [-0.2, 0) is 4.79 Å². The van der Waals surface area contributed by atoms with Crippen LogP contribution in [-0.4, -0.2) is 28.6 Å². The van der Waals surface area contributed by atoms with E-state index in [0.717, 1.165) is 18.5 Å². The van der Waals surface area contributed by atoms with Crippen LogP contribution in [0.3, 0.4) is 0 Å². The number of nitrogens with zero attached hydrogens (tertiary/aromatic N) is 3. The van der Waals surface area contributed by atoms with Gasteiger partial charge < -0.3 is 10.0 Å². The Morgan fingerprint density at radius 2 is 2.41 bits per heavy atom. The maximum atomic E-state index is 11.2. The number of rotatable bonds is 2. The van der Waals surface area contributed by atoms with Gasteiger partial charge in [-0.25, -0.2) is 9.78 Å². The van der Waals surface area contributed by atoms with E-state index in [-0.39, 0.29) is 0 Å². The van der Waals surface area contributed by atoms with Crippen LogP contribution in [0.2, 0.25) is 0 Å². The van der Waals surface area contributed by atoms with Crippen LogP contribution < -0.4 is 4.90 Å². The van der Waals surface area contributed by atoms with Crippen molar-refractivity contribution in [2.24, 2.45) is 0 Å². The molecule has 1 aromatic heterocycles. The number of pyridine rings is 1. The number of anilines is 1. The van der Waals surface area contributed by atoms with Crippen molar-refractivity contribution in [3.63, 3.8) is 0 Å². The second-order valence-corrected chi connectivity index (χ2v) is 4.05. The molecule has 0 aliphatic carbocycles. The van der Waals surface area contributed by atoms with Crippen LogP contribution in [0.25, 0.3) is 0 Å². The summed E-state index contributed by atoms with van der Waals surface area (Å²) in [5.41, 5.74) is 1.08. The van der Waals surface area contributed by atoms with E-state index in [4.69, 9.17) is 5.26 Å². The van der Waals surface area contributed by atoms with Gasteiger partial charge in [-0.15, -0.1) is 0 Å². The quantitative estimate of drug-likeness (QED) is 0.832. The Labute approximate surface area is 99.3 Å². The Hall–Kier alpha value is -2.09. The predicted octanol–water partition coefficient (Wildman–Crippen LogP) is 1.40. The minimum Gasteiger partial charge on any atom is -0.480 e. The summed E-state index contributed by atoms with van der Waals surface area (Å²) in [5.74, 6) is -0.806. The van der Waals surface area contributed by atoms with Crippen LogP contribution in [0.1, 0.15) is 25.0 Å². The van der Waals surface area contributed by atoms with Crippen molar-refractivity contribution >= 4 is 11.7 Å². The SMILES string of the molecule is N#Cc1cc(N2CCCCC2C(=O)O)ccn1. The van der Waals surface area contributed by atoms with Crippen molar-refractivity contribution in [1.82, 2.24) is 4.98 Å². The molecule has 0 aromatic carbocycles. The van der Waals surface area contributed by atoms with Crippen LogP contribution in [0.4, 0.5) is 5.69 Å². The van der Waals surface area contributed by atoms with Crippen molar-refractivity contribution in [2.45, 2.75) is 25.3 Å². The minimum absolute atomic E-state index is 0.317.